The molecule has 0 fully saturated rings. The zero-order valence-corrected chi connectivity index (χ0v) is 33.7. The molecule has 294 valence electrons. The first-order valence-corrected chi connectivity index (χ1v) is 21.0. The maximum absolute atomic E-state index is 6.49. The first-order valence-electron chi connectivity index (χ1n) is 21.0. The summed E-state index contributed by atoms with van der Waals surface area (Å²) in [5.41, 5.74) is 14.8. The monoisotopic (exact) mass is 806 g/mol. The number of hydrogen-bond donors (Lipinski definition) is 0. The van der Waals surface area contributed by atoms with E-state index < -0.39 is 0 Å². The summed E-state index contributed by atoms with van der Waals surface area (Å²) in [6.45, 7) is 0. The fourth-order valence-corrected chi connectivity index (χ4v) is 9.60. The van der Waals surface area contributed by atoms with Crippen LogP contribution in [0.3, 0.4) is 0 Å². The third-order valence-electron chi connectivity index (χ3n) is 12.4. The second kappa shape index (κ2) is 13.9. The number of rotatable bonds is 6. The molecule has 0 saturated heterocycles. The van der Waals surface area contributed by atoms with Crippen molar-refractivity contribution in [3.63, 3.8) is 0 Å². The Bertz CT molecular complexity index is 3640. The zero-order chi connectivity index (χ0) is 41.4. The molecule has 0 amide bonds. The maximum Gasteiger partial charge on any atom is 0.159 e. The van der Waals surface area contributed by atoms with E-state index in [1.807, 2.05) is 12.1 Å². The molecule has 0 atom stereocenters. The first-order chi connectivity index (χ1) is 31.2. The average molecular weight is 807 g/mol. The molecule has 0 aliphatic heterocycles. The van der Waals surface area contributed by atoms with E-state index in [-0.39, 0.29) is 0 Å². The van der Waals surface area contributed by atoms with Gasteiger partial charge in [-0.25, -0.2) is 19.9 Å². The second-order valence-electron chi connectivity index (χ2n) is 15.9. The van der Waals surface area contributed by atoms with Crippen LogP contribution >= 0.6 is 0 Å². The lowest BCUT2D eigenvalue weighted by Gasteiger charge is -2.08. The van der Waals surface area contributed by atoms with Crippen LogP contribution in [-0.4, -0.2) is 29.1 Å². The van der Waals surface area contributed by atoms with Gasteiger partial charge in [-0.2, -0.15) is 0 Å². The number of para-hydroxylation sites is 2. The van der Waals surface area contributed by atoms with Gasteiger partial charge in [-0.1, -0.05) is 84.9 Å². The average Bonchev–Trinajstić information content (AvgIpc) is 4.01. The van der Waals surface area contributed by atoms with Crippen LogP contribution in [0.4, 0.5) is 0 Å². The van der Waals surface area contributed by atoms with Crippen LogP contribution in [0.2, 0.25) is 0 Å². The summed E-state index contributed by atoms with van der Waals surface area (Å²) in [5.74, 6) is 1.41. The Morgan fingerprint density at radius 1 is 0.317 bits per heavy atom. The maximum atomic E-state index is 6.49. The number of furan rings is 1. The van der Waals surface area contributed by atoms with Crippen molar-refractivity contribution in [2.75, 3.05) is 0 Å². The Morgan fingerprint density at radius 2 is 0.714 bits per heavy atom. The molecular weight excluding hydrogens is 773 g/mol. The molecule has 0 radical (unpaired) electrons. The molecule has 5 heterocycles. The van der Waals surface area contributed by atoms with E-state index in [1.54, 1.807) is 24.8 Å². The highest BCUT2D eigenvalue weighted by Gasteiger charge is 2.21. The highest BCUT2D eigenvalue weighted by Crippen LogP contribution is 2.43. The van der Waals surface area contributed by atoms with E-state index in [2.05, 4.69) is 199 Å². The third kappa shape index (κ3) is 5.53. The summed E-state index contributed by atoms with van der Waals surface area (Å²) >= 11 is 0. The second-order valence-corrected chi connectivity index (χ2v) is 15.9. The summed E-state index contributed by atoms with van der Waals surface area (Å²) in [5, 5.41) is 6.66. The zero-order valence-electron chi connectivity index (χ0n) is 33.7. The van der Waals surface area contributed by atoms with Crippen LogP contribution in [0.1, 0.15) is 0 Å². The van der Waals surface area contributed by atoms with E-state index in [9.17, 15) is 0 Å². The van der Waals surface area contributed by atoms with Gasteiger partial charge in [-0.15, -0.1) is 0 Å². The molecule has 13 aromatic rings. The third-order valence-corrected chi connectivity index (χ3v) is 12.4. The number of nitrogens with zero attached hydrogens (tertiary/aromatic N) is 6. The number of fused-ring (bicyclic) bond motifs is 9. The van der Waals surface area contributed by atoms with Gasteiger partial charge in [-0.05, 0) is 119 Å². The highest BCUT2D eigenvalue weighted by molar-refractivity contribution is 6.18. The normalized spacial score (nSPS) is 11.8. The van der Waals surface area contributed by atoms with Gasteiger partial charge < -0.3 is 13.6 Å². The van der Waals surface area contributed by atoms with Gasteiger partial charge in [0.25, 0.3) is 0 Å². The summed E-state index contributed by atoms with van der Waals surface area (Å²) in [6.07, 6.45) is 7.22. The van der Waals surface area contributed by atoms with Gasteiger partial charge in [0.2, 0.25) is 0 Å². The lowest BCUT2D eigenvalue weighted by molar-refractivity contribution is 0.669. The van der Waals surface area contributed by atoms with Crippen LogP contribution in [0.15, 0.2) is 211 Å². The molecular formula is C56H34N6O. The predicted octanol–water partition coefficient (Wildman–Crippen LogP) is 14.0. The van der Waals surface area contributed by atoms with Crippen molar-refractivity contribution in [3.05, 3.63) is 207 Å². The van der Waals surface area contributed by atoms with Crippen LogP contribution in [-0.2, 0) is 0 Å². The molecule has 7 nitrogen and oxygen atoms in total. The van der Waals surface area contributed by atoms with Crippen molar-refractivity contribution >= 4 is 65.6 Å². The Hall–Kier alpha value is -8.68. The Labute approximate surface area is 360 Å². The Morgan fingerprint density at radius 3 is 1.14 bits per heavy atom. The summed E-state index contributed by atoms with van der Waals surface area (Å²) in [7, 11) is 0. The Balaban J connectivity index is 0.973. The van der Waals surface area contributed by atoms with Gasteiger partial charge in [0.15, 0.2) is 11.6 Å². The van der Waals surface area contributed by atoms with E-state index in [1.165, 1.54) is 0 Å². The highest BCUT2D eigenvalue weighted by atomic mass is 16.3. The number of benzene rings is 8. The van der Waals surface area contributed by atoms with E-state index in [4.69, 9.17) is 4.42 Å². The lowest BCUT2D eigenvalue weighted by Crippen LogP contribution is -1.93. The Kier molecular flexibility index (Phi) is 7.77. The minimum Gasteiger partial charge on any atom is -0.456 e. The van der Waals surface area contributed by atoms with Gasteiger partial charge >= 0.3 is 0 Å². The largest absolute Gasteiger partial charge is 0.456 e. The van der Waals surface area contributed by atoms with Gasteiger partial charge in [0, 0.05) is 79.6 Å². The molecule has 0 aliphatic carbocycles. The summed E-state index contributed by atoms with van der Waals surface area (Å²) < 4.78 is 11.2. The van der Waals surface area contributed by atoms with Crippen molar-refractivity contribution < 1.29 is 4.42 Å². The van der Waals surface area contributed by atoms with Crippen LogP contribution in [0, 0.1) is 0 Å². The summed E-state index contributed by atoms with van der Waals surface area (Å²) in [4.78, 5) is 18.7. The van der Waals surface area contributed by atoms with Crippen molar-refractivity contribution in [1.82, 2.24) is 29.1 Å². The molecule has 0 unspecified atom stereocenters. The molecule has 0 saturated carbocycles. The summed E-state index contributed by atoms with van der Waals surface area (Å²) in [6, 6.07) is 64.2. The van der Waals surface area contributed by atoms with Crippen LogP contribution in [0.25, 0.3) is 122 Å². The number of aromatic nitrogens is 6. The molecule has 13 rings (SSSR count). The molecule has 63 heavy (non-hydrogen) atoms. The standard InChI is InChI=1S/C56H34N6O/c1-3-11-39(12-4-1)61-47-23-19-35(33-45(47)53-41(15-7-17-49(53)61)55-57-27-9-28-58-55)37-21-25-51-43(31-37)44-32-38(22-26-52(44)63-51)36-20-24-48-46(34-36)54-42(56-59-29-10-30-60-56)16-8-18-50(54)62(48)40-13-5-2-6-14-40/h1-34H. The van der Waals surface area contributed by atoms with Crippen molar-refractivity contribution in [2.45, 2.75) is 0 Å². The minimum absolute atomic E-state index is 0.703. The SMILES string of the molecule is c1ccc(-n2c3ccc(-c4ccc5oc6ccc(-c7ccc8c(c7)c7c(-c9ncccn9)cccc7n8-c7ccccc7)cc6c5c4)cc3c3c(-c4ncccn4)cccc32)cc1. The molecule has 8 aromatic carbocycles. The van der Waals surface area contributed by atoms with Crippen LogP contribution < -0.4 is 0 Å². The number of hydrogen-bond acceptors (Lipinski definition) is 5. The lowest BCUT2D eigenvalue weighted by atomic mass is 9.97. The molecule has 0 N–H and O–H groups in total. The van der Waals surface area contributed by atoms with Crippen molar-refractivity contribution in [3.8, 4) is 56.4 Å². The smallest absolute Gasteiger partial charge is 0.159 e. The topological polar surface area (TPSA) is 74.6 Å². The van der Waals surface area contributed by atoms with Crippen molar-refractivity contribution in [1.29, 1.82) is 0 Å². The molecule has 0 aliphatic rings. The van der Waals surface area contributed by atoms with E-state index in [0.29, 0.717) is 11.6 Å². The minimum atomic E-state index is 0.703. The quantitative estimate of drug-likeness (QED) is 0.167. The van der Waals surface area contributed by atoms with E-state index in [0.717, 1.165) is 110 Å². The predicted molar refractivity (Wildman–Crippen MR) is 255 cm³/mol. The molecule has 7 heteroatoms. The van der Waals surface area contributed by atoms with E-state index >= 15 is 0 Å². The fraction of sp³-hybridized carbons (Fsp3) is 0. The molecule has 0 bridgehead atoms. The van der Waals surface area contributed by atoms with Gasteiger partial charge in [-0.3, -0.25) is 0 Å². The van der Waals surface area contributed by atoms with Gasteiger partial charge in [0.1, 0.15) is 11.2 Å². The van der Waals surface area contributed by atoms with Crippen molar-refractivity contribution in [2.24, 2.45) is 0 Å². The molecule has 5 aromatic heterocycles. The molecule has 0 spiro atoms. The van der Waals surface area contributed by atoms with Gasteiger partial charge in [0.05, 0.1) is 22.1 Å². The van der Waals surface area contributed by atoms with Crippen LogP contribution in [0.5, 0.6) is 0 Å². The fourth-order valence-electron chi connectivity index (χ4n) is 9.60. The first kappa shape index (κ1) is 35.1.